The summed E-state index contributed by atoms with van der Waals surface area (Å²) in [6.45, 7) is 2.15. The molecule has 0 heterocycles. The summed E-state index contributed by atoms with van der Waals surface area (Å²) in [7, 11) is 0. The van der Waals surface area contributed by atoms with Crippen LogP contribution in [0.1, 0.15) is 36.1 Å². The predicted molar refractivity (Wildman–Crippen MR) is 81.5 cm³/mol. The van der Waals surface area contributed by atoms with E-state index in [0.717, 1.165) is 30.7 Å². The first kappa shape index (κ1) is 13.0. The molecule has 3 heteroatoms. The van der Waals surface area contributed by atoms with E-state index in [-0.39, 0.29) is 6.04 Å². The Hall–Kier alpha value is -2.00. The van der Waals surface area contributed by atoms with Gasteiger partial charge in [0, 0.05) is 5.69 Å². The van der Waals surface area contributed by atoms with Gasteiger partial charge in [-0.05, 0) is 60.2 Å². The zero-order valence-electron chi connectivity index (χ0n) is 11.7. The van der Waals surface area contributed by atoms with Crippen LogP contribution in [0, 0.1) is 0 Å². The van der Waals surface area contributed by atoms with Crippen LogP contribution in [0.2, 0.25) is 0 Å². The van der Waals surface area contributed by atoms with E-state index >= 15 is 0 Å². The highest BCUT2D eigenvalue weighted by molar-refractivity contribution is 5.47. The molecular weight excluding hydrogens is 248 g/mol. The number of hydroxylamine groups is 1. The maximum absolute atomic E-state index is 5.86. The summed E-state index contributed by atoms with van der Waals surface area (Å²) in [6, 6.07) is 14.5. The Morgan fingerprint density at radius 3 is 2.75 bits per heavy atom. The first-order valence-electron chi connectivity index (χ1n) is 7.16. The minimum absolute atomic E-state index is 0.222. The molecule has 0 spiro atoms. The van der Waals surface area contributed by atoms with Gasteiger partial charge in [0.15, 0.2) is 0 Å². The number of rotatable bonds is 4. The van der Waals surface area contributed by atoms with Crippen LogP contribution in [-0.2, 0) is 12.8 Å². The van der Waals surface area contributed by atoms with E-state index in [9.17, 15) is 0 Å². The van der Waals surface area contributed by atoms with Crippen LogP contribution in [0.15, 0.2) is 42.5 Å². The number of nitrogens with two attached hydrogens (primary N) is 1. The number of nitrogen functional groups attached to an aromatic ring is 1. The van der Waals surface area contributed by atoms with Crippen LogP contribution in [-0.4, -0.2) is 0 Å². The van der Waals surface area contributed by atoms with Crippen molar-refractivity contribution in [2.24, 2.45) is 0 Å². The molecule has 0 fully saturated rings. The second kappa shape index (κ2) is 5.55. The molecule has 3 nitrogen and oxygen atoms in total. The van der Waals surface area contributed by atoms with Gasteiger partial charge in [0.25, 0.3) is 0 Å². The van der Waals surface area contributed by atoms with Gasteiger partial charge in [-0.1, -0.05) is 25.1 Å². The topological polar surface area (TPSA) is 47.3 Å². The standard InChI is InChI=1S/C17H20N2O/c1-2-12-3-8-15(9-4-12)20-19-17-10-6-13-5-7-14(18)11-16(13)17/h3-5,7-9,11,17,19H,2,6,10,18H2,1H3. The molecular formula is C17H20N2O. The molecule has 0 bridgehead atoms. The summed E-state index contributed by atoms with van der Waals surface area (Å²) in [6.07, 6.45) is 3.17. The fourth-order valence-electron chi connectivity index (χ4n) is 2.68. The third kappa shape index (κ3) is 2.63. The maximum Gasteiger partial charge on any atom is 0.147 e. The van der Waals surface area contributed by atoms with E-state index in [0.29, 0.717) is 0 Å². The van der Waals surface area contributed by atoms with Crippen LogP contribution < -0.4 is 16.1 Å². The Bertz CT molecular complexity index is 592. The van der Waals surface area contributed by atoms with E-state index in [2.05, 4.69) is 30.6 Å². The molecule has 0 amide bonds. The molecule has 0 saturated carbocycles. The lowest BCUT2D eigenvalue weighted by Gasteiger charge is -2.15. The number of aryl methyl sites for hydroxylation is 2. The SMILES string of the molecule is CCc1ccc(ONC2CCc3ccc(N)cc32)cc1. The molecule has 1 unspecified atom stereocenters. The fourth-order valence-corrected chi connectivity index (χ4v) is 2.68. The minimum Gasteiger partial charge on any atom is -0.408 e. The van der Waals surface area contributed by atoms with Gasteiger partial charge in [-0.15, -0.1) is 5.48 Å². The molecule has 2 aromatic carbocycles. The van der Waals surface area contributed by atoms with Crippen molar-refractivity contribution in [3.8, 4) is 5.75 Å². The van der Waals surface area contributed by atoms with Crippen molar-refractivity contribution >= 4 is 5.69 Å². The zero-order chi connectivity index (χ0) is 13.9. The predicted octanol–water partition coefficient (Wildman–Crippen LogP) is 3.40. The molecule has 3 N–H and O–H groups in total. The second-order valence-corrected chi connectivity index (χ2v) is 5.27. The molecule has 2 aromatic rings. The molecule has 3 rings (SSSR count). The van der Waals surface area contributed by atoms with E-state index in [1.807, 2.05) is 24.3 Å². The molecule has 0 saturated heterocycles. The molecule has 1 atom stereocenters. The van der Waals surface area contributed by atoms with Crippen LogP contribution in [0.3, 0.4) is 0 Å². The third-order valence-corrected chi connectivity index (χ3v) is 3.90. The molecule has 0 aliphatic heterocycles. The first-order chi connectivity index (χ1) is 9.76. The average Bonchev–Trinajstić information content (AvgIpc) is 2.88. The Labute approximate surface area is 119 Å². The van der Waals surface area contributed by atoms with Gasteiger partial charge in [0.2, 0.25) is 0 Å². The summed E-state index contributed by atoms with van der Waals surface area (Å²) in [5.41, 5.74) is 13.8. The van der Waals surface area contributed by atoms with Crippen LogP contribution in [0.25, 0.3) is 0 Å². The fraction of sp³-hybridized carbons (Fsp3) is 0.294. The van der Waals surface area contributed by atoms with E-state index in [1.165, 1.54) is 16.7 Å². The Morgan fingerprint density at radius 2 is 2.00 bits per heavy atom. The van der Waals surface area contributed by atoms with Crippen molar-refractivity contribution in [3.63, 3.8) is 0 Å². The Kier molecular flexibility index (Phi) is 3.61. The number of fused-ring (bicyclic) bond motifs is 1. The average molecular weight is 268 g/mol. The van der Waals surface area contributed by atoms with Gasteiger partial charge in [0.05, 0.1) is 6.04 Å². The molecule has 20 heavy (non-hydrogen) atoms. The quantitative estimate of drug-likeness (QED) is 0.660. The highest BCUT2D eigenvalue weighted by Gasteiger charge is 2.22. The van der Waals surface area contributed by atoms with Crippen LogP contribution in [0.4, 0.5) is 5.69 Å². The second-order valence-electron chi connectivity index (χ2n) is 5.27. The van der Waals surface area contributed by atoms with Crippen molar-refractivity contribution in [1.29, 1.82) is 0 Å². The number of anilines is 1. The van der Waals surface area contributed by atoms with Crippen LogP contribution >= 0.6 is 0 Å². The van der Waals surface area contributed by atoms with Crippen molar-refractivity contribution in [2.75, 3.05) is 5.73 Å². The zero-order valence-corrected chi connectivity index (χ0v) is 11.7. The monoisotopic (exact) mass is 268 g/mol. The van der Waals surface area contributed by atoms with E-state index in [4.69, 9.17) is 10.6 Å². The Balaban J connectivity index is 1.66. The lowest BCUT2D eigenvalue weighted by molar-refractivity contribution is 0.155. The van der Waals surface area contributed by atoms with E-state index < -0.39 is 0 Å². The van der Waals surface area contributed by atoms with Gasteiger partial charge < -0.3 is 10.6 Å². The highest BCUT2D eigenvalue weighted by Crippen LogP contribution is 2.32. The smallest absolute Gasteiger partial charge is 0.147 e. The minimum atomic E-state index is 0.222. The number of hydrogen-bond acceptors (Lipinski definition) is 3. The number of nitrogens with one attached hydrogen (secondary N) is 1. The molecule has 1 aliphatic rings. The van der Waals surface area contributed by atoms with Gasteiger partial charge in [-0.25, -0.2) is 0 Å². The third-order valence-electron chi connectivity index (χ3n) is 3.90. The van der Waals surface area contributed by atoms with Gasteiger partial charge >= 0.3 is 0 Å². The lowest BCUT2D eigenvalue weighted by atomic mass is 10.1. The van der Waals surface area contributed by atoms with Crippen molar-refractivity contribution in [3.05, 3.63) is 59.2 Å². The summed E-state index contributed by atoms with van der Waals surface area (Å²) < 4.78 is 0. The van der Waals surface area contributed by atoms with E-state index in [1.54, 1.807) is 0 Å². The number of hydrogen-bond donors (Lipinski definition) is 2. The summed E-state index contributed by atoms with van der Waals surface area (Å²) in [5, 5.41) is 0. The highest BCUT2D eigenvalue weighted by atomic mass is 16.6. The van der Waals surface area contributed by atoms with Gasteiger partial charge in [0.1, 0.15) is 5.75 Å². The maximum atomic E-state index is 5.86. The largest absolute Gasteiger partial charge is 0.408 e. The molecule has 1 aliphatic carbocycles. The summed E-state index contributed by atoms with van der Waals surface area (Å²) >= 11 is 0. The molecule has 0 aromatic heterocycles. The molecule has 0 radical (unpaired) electrons. The van der Waals surface area contributed by atoms with Crippen molar-refractivity contribution in [2.45, 2.75) is 32.2 Å². The normalized spacial score (nSPS) is 16.9. The lowest BCUT2D eigenvalue weighted by Crippen LogP contribution is -2.23. The van der Waals surface area contributed by atoms with Crippen molar-refractivity contribution < 1.29 is 4.84 Å². The van der Waals surface area contributed by atoms with Gasteiger partial charge in [-0.3, -0.25) is 0 Å². The van der Waals surface area contributed by atoms with Gasteiger partial charge in [-0.2, -0.15) is 0 Å². The van der Waals surface area contributed by atoms with Crippen molar-refractivity contribution in [1.82, 2.24) is 5.48 Å². The number of benzene rings is 2. The first-order valence-corrected chi connectivity index (χ1v) is 7.16. The Morgan fingerprint density at radius 1 is 1.20 bits per heavy atom. The molecule has 104 valence electrons. The summed E-state index contributed by atoms with van der Waals surface area (Å²) in [5.74, 6) is 0.847. The van der Waals surface area contributed by atoms with Crippen LogP contribution in [0.5, 0.6) is 5.75 Å². The summed E-state index contributed by atoms with van der Waals surface area (Å²) in [4.78, 5) is 5.70.